The van der Waals surface area contributed by atoms with Crippen LogP contribution in [-0.2, 0) is 5.54 Å². The first-order chi connectivity index (χ1) is 6.72. The maximum atomic E-state index is 10.7. The minimum atomic E-state index is 0.103. The Hall–Kier alpha value is -1.35. The molecule has 0 aliphatic heterocycles. The van der Waals surface area contributed by atoms with E-state index in [1.807, 2.05) is 19.2 Å². The van der Waals surface area contributed by atoms with Crippen LogP contribution in [0.5, 0.6) is 0 Å². The summed E-state index contributed by atoms with van der Waals surface area (Å²) >= 11 is 0. The highest BCUT2D eigenvalue weighted by atomic mass is 16.1. The largest absolute Gasteiger partial charge is 0.398 e. The van der Waals surface area contributed by atoms with Crippen LogP contribution in [0.3, 0.4) is 0 Å². The average Bonchev–Trinajstić information content (AvgIpc) is 2.99. The number of anilines is 1. The summed E-state index contributed by atoms with van der Waals surface area (Å²) in [5.41, 5.74) is 8.06. The third kappa shape index (κ3) is 1.30. The van der Waals surface area contributed by atoms with Gasteiger partial charge in [0.25, 0.3) is 0 Å². The first-order valence-corrected chi connectivity index (χ1v) is 4.76. The Morgan fingerprint density at radius 1 is 1.50 bits per heavy atom. The first-order valence-electron chi connectivity index (χ1n) is 4.76. The van der Waals surface area contributed by atoms with Crippen LogP contribution >= 0.6 is 0 Å². The Labute approximate surface area is 83.3 Å². The molecule has 1 aromatic carbocycles. The van der Waals surface area contributed by atoms with Crippen LogP contribution in [0.25, 0.3) is 0 Å². The van der Waals surface area contributed by atoms with Crippen molar-refractivity contribution in [1.29, 1.82) is 0 Å². The number of nitrogens with two attached hydrogens (primary N) is 1. The zero-order chi connectivity index (χ0) is 10.2. The van der Waals surface area contributed by atoms with Gasteiger partial charge in [0.1, 0.15) is 0 Å². The molecule has 0 amide bonds. The number of aldehydes is 1. The van der Waals surface area contributed by atoms with Crippen molar-refractivity contribution in [3.8, 4) is 0 Å². The second-order valence-corrected chi connectivity index (χ2v) is 3.79. The highest BCUT2D eigenvalue weighted by Crippen LogP contribution is 2.45. The third-order valence-corrected chi connectivity index (χ3v) is 2.99. The molecule has 0 heterocycles. The Morgan fingerprint density at radius 3 is 2.71 bits per heavy atom. The zero-order valence-corrected chi connectivity index (χ0v) is 8.21. The molecule has 1 saturated carbocycles. The fourth-order valence-corrected chi connectivity index (χ4v) is 1.78. The second-order valence-electron chi connectivity index (χ2n) is 3.79. The predicted octanol–water partition coefficient (Wildman–Crippen LogP) is 1.29. The number of nitrogens with one attached hydrogen (secondary N) is 1. The van der Waals surface area contributed by atoms with Gasteiger partial charge in [-0.15, -0.1) is 0 Å². The number of hydrogen-bond acceptors (Lipinski definition) is 3. The molecule has 3 nitrogen and oxygen atoms in total. The number of benzene rings is 1. The molecule has 14 heavy (non-hydrogen) atoms. The molecular formula is C11H14N2O. The molecule has 1 aliphatic carbocycles. The maximum absolute atomic E-state index is 10.7. The lowest BCUT2D eigenvalue weighted by atomic mass is 10.0. The van der Waals surface area contributed by atoms with Crippen molar-refractivity contribution in [1.82, 2.24) is 5.32 Å². The lowest BCUT2D eigenvalue weighted by Crippen LogP contribution is -2.24. The number of rotatable bonds is 3. The normalized spacial score (nSPS) is 17.8. The van der Waals surface area contributed by atoms with Gasteiger partial charge < -0.3 is 11.1 Å². The van der Waals surface area contributed by atoms with Crippen molar-refractivity contribution in [2.24, 2.45) is 0 Å². The Morgan fingerprint density at radius 2 is 2.21 bits per heavy atom. The molecule has 1 aromatic rings. The van der Waals surface area contributed by atoms with Gasteiger partial charge in [0.2, 0.25) is 0 Å². The van der Waals surface area contributed by atoms with Crippen molar-refractivity contribution in [3.05, 3.63) is 29.3 Å². The smallest absolute Gasteiger partial charge is 0.152 e. The molecule has 3 heteroatoms. The Kier molecular flexibility index (Phi) is 2.04. The molecular weight excluding hydrogens is 176 g/mol. The molecule has 0 bridgehead atoms. The van der Waals surface area contributed by atoms with E-state index in [2.05, 4.69) is 5.32 Å². The van der Waals surface area contributed by atoms with Crippen molar-refractivity contribution >= 4 is 12.0 Å². The molecule has 1 fully saturated rings. The summed E-state index contributed by atoms with van der Waals surface area (Å²) in [5, 5.41) is 3.28. The number of nitrogen functional groups attached to an aromatic ring is 1. The quantitative estimate of drug-likeness (QED) is 0.558. The summed E-state index contributed by atoms with van der Waals surface area (Å²) < 4.78 is 0. The molecule has 74 valence electrons. The van der Waals surface area contributed by atoms with Crippen LogP contribution in [0, 0.1) is 0 Å². The molecule has 0 atom stereocenters. The minimum Gasteiger partial charge on any atom is -0.398 e. The van der Waals surface area contributed by atoms with E-state index in [1.54, 1.807) is 6.07 Å². The first kappa shape index (κ1) is 9.21. The number of carbonyl (C=O) groups is 1. The van der Waals surface area contributed by atoms with E-state index < -0.39 is 0 Å². The van der Waals surface area contributed by atoms with E-state index in [1.165, 1.54) is 0 Å². The maximum Gasteiger partial charge on any atom is 0.152 e. The third-order valence-electron chi connectivity index (χ3n) is 2.99. The summed E-state index contributed by atoms with van der Waals surface area (Å²) in [5.74, 6) is 0. The van der Waals surface area contributed by atoms with E-state index in [9.17, 15) is 4.79 Å². The highest BCUT2D eigenvalue weighted by molar-refractivity contribution is 5.83. The summed E-state index contributed by atoms with van der Waals surface area (Å²) in [6.07, 6.45) is 3.07. The standard InChI is InChI=1S/C11H14N2O/c1-13-11(4-5-11)9-2-3-10(12)8(6-9)7-14/h2-3,6-7,13H,4-5,12H2,1H3. The molecule has 0 spiro atoms. The zero-order valence-electron chi connectivity index (χ0n) is 8.21. The van der Waals surface area contributed by atoms with Gasteiger partial charge in [-0.3, -0.25) is 4.79 Å². The monoisotopic (exact) mass is 190 g/mol. The minimum absolute atomic E-state index is 0.103. The van der Waals surface area contributed by atoms with Gasteiger partial charge in [0.05, 0.1) is 0 Å². The second kappa shape index (κ2) is 3.10. The van der Waals surface area contributed by atoms with Crippen molar-refractivity contribution in [2.75, 3.05) is 12.8 Å². The van der Waals surface area contributed by atoms with Gasteiger partial charge in [-0.25, -0.2) is 0 Å². The molecule has 0 aromatic heterocycles. The van der Waals surface area contributed by atoms with Gasteiger partial charge in [0.15, 0.2) is 6.29 Å². The molecule has 2 rings (SSSR count). The van der Waals surface area contributed by atoms with Crippen LogP contribution in [0.1, 0.15) is 28.8 Å². The van der Waals surface area contributed by atoms with Crippen LogP contribution in [0.15, 0.2) is 18.2 Å². The van der Waals surface area contributed by atoms with E-state index in [4.69, 9.17) is 5.73 Å². The van der Waals surface area contributed by atoms with Gasteiger partial charge in [0, 0.05) is 16.8 Å². The topological polar surface area (TPSA) is 55.1 Å². The Bertz CT molecular complexity index is 370. The number of carbonyl (C=O) groups excluding carboxylic acids is 1. The van der Waals surface area contributed by atoms with Gasteiger partial charge in [-0.2, -0.15) is 0 Å². The van der Waals surface area contributed by atoms with E-state index >= 15 is 0 Å². The predicted molar refractivity (Wildman–Crippen MR) is 56.2 cm³/mol. The summed E-state index contributed by atoms with van der Waals surface area (Å²) in [7, 11) is 1.95. The SMILES string of the molecule is CNC1(c2ccc(N)c(C=O)c2)CC1. The highest BCUT2D eigenvalue weighted by Gasteiger charge is 2.42. The van der Waals surface area contributed by atoms with Crippen molar-refractivity contribution in [3.63, 3.8) is 0 Å². The van der Waals surface area contributed by atoms with Crippen molar-refractivity contribution in [2.45, 2.75) is 18.4 Å². The van der Waals surface area contributed by atoms with Gasteiger partial charge in [-0.05, 0) is 37.6 Å². The number of hydrogen-bond donors (Lipinski definition) is 2. The molecule has 1 aliphatic rings. The molecule has 0 radical (unpaired) electrons. The lowest BCUT2D eigenvalue weighted by Gasteiger charge is -2.15. The average molecular weight is 190 g/mol. The fraction of sp³-hybridized carbons (Fsp3) is 0.364. The summed E-state index contributed by atoms with van der Waals surface area (Å²) in [4.78, 5) is 10.7. The van der Waals surface area contributed by atoms with Gasteiger partial charge >= 0.3 is 0 Å². The van der Waals surface area contributed by atoms with E-state index in [-0.39, 0.29) is 5.54 Å². The fourth-order valence-electron chi connectivity index (χ4n) is 1.78. The van der Waals surface area contributed by atoms with Crippen LogP contribution in [0.2, 0.25) is 0 Å². The van der Waals surface area contributed by atoms with Crippen LogP contribution in [-0.4, -0.2) is 13.3 Å². The summed E-state index contributed by atoms with van der Waals surface area (Å²) in [6.45, 7) is 0. The molecule has 0 unspecified atom stereocenters. The lowest BCUT2D eigenvalue weighted by molar-refractivity contribution is 0.112. The van der Waals surface area contributed by atoms with Crippen molar-refractivity contribution < 1.29 is 4.79 Å². The van der Waals surface area contributed by atoms with Gasteiger partial charge in [-0.1, -0.05) is 6.07 Å². The Balaban J connectivity index is 2.41. The molecule has 3 N–H and O–H groups in total. The van der Waals surface area contributed by atoms with Crippen LogP contribution < -0.4 is 11.1 Å². The van der Waals surface area contributed by atoms with E-state index in [0.717, 1.165) is 24.7 Å². The van der Waals surface area contributed by atoms with Crippen LogP contribution in [0.4, 0.5) is 5.69 Å². The molecule has 0 saturated heterocycles. The van der Waals surface area contributed by atoms with E-state index in [0.29, 0.717) is 11.3 Å². The summed E-state index contributed by atoms with van der Waals surface area (Å²) in [6, 6.07) is 5.67.